The molecule has 0 bridgehead atoms. The second-order valence-electron chi connectivity index (χ2n) is 9.14. The fourth-order valence-electron chi connectivity index (χ4n) is 4.81. The van der Waals surface area contributed by atoms with Gasteiger partial charge in [0.15, 0.2) is 11.5 Å². The standard InChI is InChI=1S/C24H21ClF2N6O2/c1-13-7-15(14(2)29-16-3-4-19(25)31-22(16)35-12-34)20-17(8-13)30-18(9-28)21(32-20)33-10-23(11-33)5-6-24(23,26)27/h3-4,7-8,12,14,29H,5-6,10-11H2,1-2H3/t14-/m1/s1. The second kappa shape index (κ2) is 8.27. The number of nitrogens with one attached hydrogen (secondary N) is 1. The van der Waals surface area contributed by atoms with Crippen LogP contribution in [-0.4, -0.2) is 40.4 Å². The van der Waals surface area contributed by atoms with E-state index >= 15 is 0 Å². The Kier molecular flexibility index (Phi) is 5.48. The molecule has 0 amide bonds. The molecule has 3 aromatic rings. The number of pyridine rings is 1. The van der Waals surface area contributed by atoms with Crippen molar-refractivity contribution < 1.29 is 18.3 Å². The SMILES string of the molecule is Cc1cc([C@@H](C)Nc2ccc(Cl)nc2OC=O)c2nc(N3CC4(CCC4(F)F)C3)c(C#N)nc2c1. The van der Waals surface area contributed by atoms with Gasteiger partial charge in [-0.1, -0.05) is 17.7 Å². The maximum absolute atomic E-state index is 14.1. The average molecular weight is 499 g/mol. The van der Waals surface area contributed by atoms with Crippen molar-refractivity contribution in [2.24, 2.45) is 5.41 Å². The summed E-state index contributed by atoms with van der Waals surface area (Å²) in [7, 11) is 0. The van der Waals surface area contributed by atoms with Gasteiger partial charge < -0.3 is 15.0 Å². The third-order valence-electron chi connectivity index (χ3n) is 6.84. The highest BCUT2D eigenvalue weighted by Crippen LogP contribution is 2.59. The summed E-state index contributed by atoms with van der Waals surface area (Å²) in [6, 6.07) is 8.69. The molecule has 3 heterocycles. The molecule has 2 aromatic heterocycles. The molecule has 1 aliphatic heterocycles. The Bertz CT molecular complexity index is 1390. The predicted octanol–water partition coefficient (Wildman–Crippen LogP) is 4.80. The minimum absolute atomic E-state index is 0.0298. The highest BCUT2D eigenvalue weighted by molar-refractivity contribution is 6.29. The minimum atomic E-state index is -2.69. The smallest absolute Gasteiger partial charge is 0.299 e. The van der Waals surface area contributed by atoms with Crippen molar-refractivity contribution in [3.63, 3.8) is 0 Å². The van der Waals surface area contributed by atoms with Gasteiger partial charge in [-0.3, -0.25) is 4.79 Å². The first kappa shape index (κ1) is 23.2. The topological polar surface area (TPSA) is 104 Å². The molecule has 0 radical (unpaired) electrons. The molecule has 1 spiro atoms. The monoisotopic (exact) mass is 498 g/mol. The molecule has 1 saturated heterocycles. The highest BCUT2D eigenvalue weighted by Gasteiger charge is 2.67. The van der Waals surface area contributed by atoms with E-state index in [4.69, 9.17) is 21.3 Å². The summed E-state index contributed by atoms with van der Waals surface area (Å²) in [5.74, 6) is -2.35. The van der Waals surface area contributed by atoms with E-state index in [9.17, 15) is 18.8 Å². The van der Waals surface area contributed by atoms with Gasteiger partial charge in [0.2, 0.25) is 5.88 Å². The average Bonchev–Trinajstić information content (AvgIpc) is 2.78. The lowest BCUT2D eigenvalue weighted by atomic mass is 9.60. The molecule has 1 aliphatic carbocycles. The second-order valence-corrected chi connectivity index (χ2v) is 9.52. The number of nitriles is 1. The quantitative estimate of drug-likeness (QED) is 0.381. The van der Waals surface area contributed by atoms with Crippen LogP contribution in [0.25, 0.3) is 11.0 Å². The van der Waals surface area contributed by atoms with Crippen molar-refractivity contribution in [1.82, 2.24) is 15.0 Å². The number of hydrogen-bond donors (Lipinski definition) is 1. The van der Waals surface area contributed by atoms with Crippen LogP contribution in [0.2, 0.25) is 5.15 Å². The zero-order valence-electron chi connectivity index (χ0n) is 19.0. The molecule has 11 heteroatoms. The summed E-state index contributed by atoms with van der Waals surface area (Å²) >= 11 is 5.92. The number of halogens is 3. The molecule has 5 rings (SSSR count). The van der Waals surface area contributed by atoms with E-state index in [0.29, 0.717) is 29.0 Å². The van der Waals surface area contributed by atoms with Crippen molar-refractivity contribution in [2.45, 2.75) is 38.7 Å². The van der Waals surface area contributed by atoms with E-state index in [0.717, 1.165) is 11.1 Å². The van der Waals surface area contributed by atoms with Gasteiger partial charge in [-0.05, 0) is 44.0 Å². The van der Waals surface area contributed by atoms with Crippen LogP contribution in [0.4, 0.5) is 20.3 Å². The number of aryl methyl sites for hydroxylation is 1. The van der Waals surface area contributed by atoms with Crippen LogP contribution in [0, 0.1) is 23.7 Å². The Hall–Kier alpha value is -3.58. The number of carbonyl (C=O) groups is 1. The van der Waals surface area contributed by atoms with Crippen LogP contribution >= 0.6 is 11.6 Å². The Morgan fingerprint density at radius 2 is 2.03 bits per heavy atom. The van der Waals surface area contributed by atoms with Gasteiger partial charge in [0.25, 0.3) is 12.4 Å². The fraction of sp³-hybridized carbons (Fsp3) is 0.375. The Balaban J connectivity index is 1.52. The lowest BCUT2D eigenvalue weighted by Gasteiger charge is -2.60. The molecule has 2 fully saturated rings. The number of carbonyl (C=O) groups excluding carboxylic acids is 1. The third-order valence-corrected chi connectivity index (χ3v) is 7.05. The summed E-state index contributed by atoms with van der Waals surface area (Å²) in [6.07, 6.45) is 0.364. The molecule has 1 saturated carbocycles. The Labute approximate surface area is 204 Å². The van der Waals surface area contributed by atoms with Crippen molar-refractivity contribution in [1.29, 1.82) is 5.26 Å². The summed E-state index contributed by atoms with van der Waals surface area (Å²) in [6.45, 7) is 4.35. The lowest BCUT2D eigenvalue weighted by molar-refractivity contribution is -0.212. The van der Waals surface area contributed by atoms with E-state index in [1.54, 1.807) is 17.0 Å². The van der Waals surface area contributed by atoms with Crippen LogP contribution in [0.3, 0.4) is 0 Å². The molecule has 1 N–H and O–H groups in total. The van der Waals surface area contributed by atoms with Gasteiger partial charge in [0, 0.05) is 25.1 Å². The molecule has 0 unspecified atom stereocenters. The van der Waals surface area contributed by atoms with Crippen LogP contribution in [0.15, 0.2) is 24.3 Å². The van der Waals surface area contributed by atoms with Crippen molar-refractivity contribution >= 4 is 40.6 Å². The van der Waals surface area contributed by atoms with Gasteiger partial charge in [0.1, 0.15) is 11.2 Å². The largest absolute Gasteiger partial charge is 0.407 e. The van der Waals surface area contributed by atoms with E-state index in [2.05, 4.69) is 21.4 Å². The van der Waals surface area contributed by atoms with Crippen LogP contribution in [-0.2, 0) is 4.79 Å². The van der Waals surface area contributed by atoms with E-state index in [1.165, 1.54) is 0 Å². The molecule has 1 atom stereocenters. The number of rotatable bonds is 6. The molecule has 1 aromatic carbocycles. The molecule has 35 heavy (non-hydrogen) atoms. The summed E-state index contributed by atoms with van der Waals surface area (Å²) in [5.41, 5.74) is 2.27. The summed E-state index contributed by atoms with van der Waals surface area (Å²) in [4.78, 5) is 25.9. The van der Waals surface area contributed by atoms with Crippen LogP contribution in [0.5, 0.6) is 5.88 Å². The van der Waals surface area contributed by atoms with Gasteiger partial charge in [-0.2, -0.15) is 10.2 Å². The normalized spacial score (nSPS) is 18.3. The Morgan fingerprint density at radius 3 is 2.66 bits per heavy atom. The van der Waals surface area contributed by atoms with Gasteiger partial charge in [-0.15, -0.1) is 0 Å². The first-order valence-corrected chi connectivity index (χ1v) is 11.4. The lowest BCUT2D eigenvalue weighted by Crippen LogP contribution is -2.70. The van der Waals surface area contributed by atoms with Crippen molar-refractivity contribution in [3.8, 4) is 11.9 Å². The molecular formula is C24H21ClF2N6O2. The van der Waals surface area contributed by atoms with Crippen LogP contribution in [0.1, 0.15) is 42.6 Å². The van der Waals surface area contributed by atoms with Gasteiger partial charge >= 0.3 is 0 Å². The third kappa shape index (κ3) is 3.80. The van der Waals surface area contributed by atoms with Crippen molar-refractivity contribution in [3.05, 3.63) is 46.2 Å². The maximum atomic E-state index is 14.1. The number of alkyl halides is 2. The summed E-state index contributed by atoms with van der Waals surface area (Å²) in [5, 5.41) is 13.1. The Morgan fingerprint density at radius 1 is 1.26 bits per heavy atom. The first-order valence-electron chi connectivity index (χ1n) is 11.0. The number of benzene rings is 1. The molecular weight excluding hydrogens is 478 g/mol. The number of hydrogen-bond acceptors (Lipinski definition) is 8. The molecule has 180 valence electrons. The molecule has 2 aliphatic rings. The predicted molar refractivity (Wildman–Crippen MR) is 126 cm³/mol. The van der Waals surface area contributed by atoms with E-state index in [-0.39, 0.29) is 48.8 Å². The fourth-order valence-corrected chi connectivity index (χ4v) is 4.95. The first-order chi connectivity index (χ1) is 16.7. The highest BCUT2D eigenvalue weighted by atomic mass is 35.5. The maximum Gasteiger partial charge on any atom is 0.299 e. The number of aromatic nitrogens is 3. The minimum Gasteiger partial charge on any atom is -0.407 e. The number of nitrogens with zero attached hydrogens (tertiary/aromatic N) is 5. The van der Waals surface area contributed by atoms with Gasteiger partial charge in [-0.25, -0.2) is 18.7 Å². The van der Waals surface area contributed by atoms with Crippen LogP contribution < -0.4 is 15.0 Å². The van der Waals surface area contributed by atoms with E-state index < -0.39 is 11.3 Å². The number of fused-ring (bicyclic) bond motifs is 1. The summed E-state index contributed by atoms with van der Waals surface area (Å²) < 4.78 is 33.2. The van der Waals surface area contributed by atoms with E-state index in [1.807, 2.05) is 26.0 Å². The van der Waals surface area contributed by atoms with Gasteiger partial charge in [0.05, 0.1) is 28.2 Å². The molecule has 8 nitrogen and oxygen atoms in total. The number of anilines is 2. The number of ether oxygens (including phenoxy) is 1. The zero-order chi connectivity index (χ0) is 25.0. The van der Waals surface area contributed by atoms with Crippen molar-refractivity contribution in [2.75, 3.05) is 23.3 Å². The zero-order valence-corrected chi connectivity index (χ0v) is 19.7.